The van der Waals surface area contributed by atoms with Crippen molar-refractivity contribution in [2.75, 3.05) is 6.54 Å². The van der Waals surface area contributed by atoms with Gasteiger partial charge in [0.25, 0.3) is 0 Å². The van der Waals surface area contributed by atoms with Crippen LogP contribution in [-0.4, -0.2) is 36.5 Å². The third-order valence-electron chi connectivity index (χ3n) is 3.51. The van der Waals surface area contributed by atoms with Gasteiger partial charge in [0.1, 0.15) is 5.82 Å². The molecule has 4 nitrogen and oxygen atoms in total. The Bertz CT molecular complexity index is 573. The van der Waals surface area contributed by atoms with Gasteiger partial charge in [0.15, 0.2) is 0 Å². The zero-order valence-corrected chi connectivity index (χ0v) is 11.8. The van der Waals surface area contributed by atoms with Crippen molar-refractivity contribution in [1.29, 1.82) is 0 Å². The van der Waals surface area contributed by atoms with E-state index in [1.165, 1.54) is 16.4 Å². The Morgan fingerprint density at radius 1 is 1.42 bits per heavy atom. The predicted octanol–water partition coefficient (Wildman–Crippen LogP) is 1.67. The van der Waals surface area contributed by atoms with Crippen molar-refractivity contribution in [1.82, 2.24) is 4.31 Å². The van der Waals surface area contributed by atoms with Gasteiger partial charge in [-0.1, -0.05) is 0 Å². The van der Waals surface area contributed by atoms with Gasteiger partial charge in [-0.15, -0.1) is 0 Å². The molecule has 106 valence electrons. The van der Waals surface area contributed by atoms with Crippen LogP contribution < -0.4 is 0 Å². The summed E-state index contributed by atoms with van der Waals surface area (Å²) in [7, 11) is -3.63. The van der Waals surface area contributed by atoms with Gasteiger partial charge in [0.2, 0.25) is 10.0 Å². The number of benzene rings is 1. The van der Waals surface area contributed by atoms with Crippen molar-refractivity contribution in [2.45, 2.75) is 43.7 Å². The van der Waals surface area contributed by atoms with Crippen molar-refractivity contribution < 1.29 is 17.9 Å². The molecule has 1 N–H and O–H groups in total. The Morgan fingerprint density at radius 2 is 2.11 bits per heavy atom. The number of hydrogen-bond donors (Lipinski definition) is 1. The number of sulfonamides is 1. The molecule has 1 aromatic carbocycles. The number of rotatable bonds is 2. The lowest BCUT2D eigenvalue weighted by atomic mass is 10.0. The van der Waals surface area contributed by atoms with Crippen molar-refractivity contribution in [2.24, 2.45) is 0 Å². The average molecular weight is 287 g/mol. The van der Waals surface area contributed by atoms with Crippen LogP contribution in [0.25, 0.3) is 0 Å². The van der Waals surface area contributed by atoms with Crippen LogP contribution in [0.15, 0.2) is 23.1 Å². The number of halogens is 1. The largest absolute Gasteiger partial charge is 0.393 e. The zero-order valence-electron chi connectivity index (χ0n) is 11.0. The van der Waals surface area contributed by atoms with Crippen LogP contribution in [-0.2, 0) is 10.0 Å². The van der Waals surface area contributed by atoms with Crippen molar-refractivity contribution in [3.05, 3.63) is 29.6 Å². The standard InChI is InChI=1S/C13H18FNO3S/c1-9-7-11(14)3-4-13(9)19(17,18)15-6-5-12(16)8-10(15)2/h3-4,7,10,12,16H,5-6,8H2,1-2H3/t10-,12+/m1/s1. The molecule has 0 aliphatic carbocycles. The van der Waals surface area contributed by atoms with E-state index in [1.54, 1.807) is 13.8 Å². The van der Waals surface area contributed by atoms with Gasteiger partial charge in [0.05, 0.1) is 11.0 Å². The fourth-order valence-corrected chi connectivity index (χ4v) is 4.38. The van der Waals surface area contributed by atoms with Crippen LogP contribution in [0.5, 0.6) is 0 Å². The average Bonchev–Trinajstić information content (AvgIpc) is 2.27. The fraction of sp³-hybridized carbons (Fsp3) is 0.538. The van der Waals surface area contributed by atoms with Crippen LogP contribution in [0, 0.1) is 12.7 Å². The van der Waals surface area contributed by atoms with Crippen LogP contribution >= 0.6 is 0 Å². The van der Waals surface area contributed by atoms with Gasteiger partial charge >= 0.3 is 0 Å². The molecular formula is C13H18FNO3S. The Morgan fingerprint density at radius 3 is 2.68 bits per heavy atom. The van der Waals surface area contributed by atoms with Crippen molar-refractivity contribution >= 4 is 10.0 Å². The van der Waals surface area contributed by atoms with E-state index in [-0.39, 0.29) is 10.9 Å². The van der Waals surface area contributed by atoms with Gasteiger partial charge in [-0.2, -0.15) is 4.31 Å². The summed E-state index contributed by atoms with van der Waals surface area (Å²) in [5, 5.41) is 9.55. The molecule has 0 aromatic heterocycles. The second kappa shape index (κ2) is 5.19. The van der Waals surface area contributed by atoms with Crippen LogP contribution in [0.1, 0.15) is 25.3 Å². The lowest BCUT2D eigenvalue weighted by Crippen LogP contribution is -2.46. The van der Waals surface area contributed by atoms with E-state index in [1.807, 2.05) is 0 Å². The maximum absolute atomic E-state index is 13.1. The number of hydrogen-bond acceptors (Lipinski definition) is 3. The molecule has 1 aromatic rings. The second-order valence-corrected chi connectivity index (χ2v) is 6.91. The Hall–Kier alpha value is -0.980. The zero-order chi connectivity index (χ0) is 14.2. The summed E-state index contributed by atoms with van der Waals surface area (Å²) in [5.41, 5.74) is 0.401. The molecule has 2 atom stereocenters. The first-order valence-corrected chi connectivity index (χ1v) is 7.72. The van der Waals surface area contributed by atoms with Crippen LogP contribution in [0.2, 0.25) is 0 Å². The Labute approximate surface area is 112 Å². The smallest absolute Gasteiger partial charge is 0.243 e. The molecule has 0 amide bonds. The first-order chi connectivity index (χ1) is 8.82. The SMILES string of the molecule is Cc1cc(F)ccc1S(=O)(=O)N1CC[C@H](O)C[C@H]1C. The normalized spacial score (nSPS) is 25.5. The summed E-state index contributed by atoms with van der Waals surface area (Å²) in [6, 6.07) is 3.43. The molecule has 0 saturated carbocycles. The Balaban J connectivity index is 2.37. The highest BCUT2D eigenvalue weighted by Crippen LogP contribution is 2.27. The second-order valence-electron chi connectivity index (χ2n) is 5.05. The van der Waals surface area contributed by atoms with Crippen LogP contribution in [0.4, 0.5) is 4.39 Å². The molecule has 1 aliphatic heterocycles. The molecule has 2 rings (SSSR count). The molecule has 1 saturated heterocycles. The highest BCUT2D eigenvalue weighted by Gasteiger charge is 2.34. The lowest BCUT2D eigenvalue weighted by Gasteiger charge is -2.35. The van der Waals surface area contributed by atoms with Crippen molar-refractivity contribution in [3.8, 4) is 0 Å². The van der Waals surface area contributed by atoms with E-state index in [0.717, 1.165) is 6.07 Å². The quantitative estimate of drug-likeness (QED) is 0.900. The summed E-state index contributed by atoms with van der Waals surface area (Å²) in [6.45, 7) is 3.65. The maximum Gasteiger partial charge on any atom is 0.243 e. The monoisotopic (exact) mass is 287 g/mol. The number of nitrogens with zero attached hydrogens (tertiary/aromatic N) is 1. The molecule has 0 spiro atoms. The first kappa shape index (κ1) is 14.4. The van der Waals surface area contributed by atoms with E-state index in [4.69, 9.17) is 0 Å². The van der Waals surface area contributed by atoms with Crippen LogP contribution in [0.3, 0.4) is 0 Å². The topological polar surface area (TPSA) is 57.6 Å². The highest BCUT2D eigenvalue weighted by molar-refractivity contribution is 7.89. The van der Waals surface area contributed by atoms with Gasteiger partial charge in [0, 0.05) is 12.6 Å². The van der Waals surface area contributed by atoms with Gasteiger partial charge in [-0.3, -0.25) is 0 Å². The Kier molecular flexibility index (Phi) is 3.94. The molecule has 0 bridgehead atoms. The highest BCUT2D eigenvalue weighted by atomic mass is 32.2. The molecule has 1 aliphatic rings. The number of piperidine rings is 1. The van der Waals surface area contributed by atoms with E-state index in [0.29, 0.717) is 24.9 Å². The number of aliphatic hydroxyl groups is 1. The maximum atomic E-state index is 13.1. The summed E-state index contributed by atoms with van der Waals surface area (Å²) in [6.07, 6.45) is 0.416. The molecule has 19 heavy (non-hydrogen) atoms. The van der Waals surface area contributed by atoms with Gasteiger partial charge < -0.3 is 5.11 Å². The summed E-state index contributed by atoms with van der Waals surface area (Å²) < 4.78 is 39.6. The number of aliphatic hydroxyl groups excluding tert-OH is 1. The molecule has 1 fully saturated rings. The number of aryl methyl sites for hydroxylation is 1. The fourth-order valence-electron chi connectivity index (χ4n) is 2.51. The lowest BCUT2D eigenvalue weighted by molar-refractivity contribution is 0.0867. The minimum atomic E-state index is -3.63. The predicted molar refractivity (Wildman–Crippen MR) is 69.7 cm³/mol. The van der Waals surface area contributed by atoms with E-state index >= 15 is 0 Å². The summed E-state index contributed by atoms with van der Waals surface area (Å²) in [4.78, 5) is 0.136. The van der Waals surface area contributed by atoms with E-state index in [9.17, 15) is 17.9 Å². The third kappa shape index (κ3) is 2.80. The van der Waals surface area contributed by atoms with Gasteiger partial charge in [-0.05, 0) is 50.5 Å². The molecule has 0 radical (unpaired) electrons. The van der Waals surface area contributed by atoms with E-state index < -0.39 is 21.9 Å². The minimum Gasteiger partial charge on any atom is -0.393 e. The molecule has 0 unspecified atom stereocenters. The summed E-state index contributed by atoms with van der Waals surface area (Å²) >= 11 is 0. The molecular weight excluding hydrogens is 269 g/mol. The molecule has 1 heterocycles. The van der Waals surface area contributed by atoms with Crippen molar-refractivity contribution in [3.63, 3.8) is 0 Å². The third-order valence-corrected chi connectivity index (χ3v) is 5.68. The van der Waals surface area contributed by atoms with E-state index in [2.05, 4.69) is 0 Å². The first-order valence-electron chi connectivity index (χ1n) is 6.28. The minimum absolute atomic E-state index is 0.136. The van der Waals surface area contributed by atoms with Gasteiger partial charge in [-0.25, -0.2) is 12.8 Å². The summed E-state index contributed by atoms with van der Waals surface area (Å²) in [5.74, 6) is -0.446. The molecule has 6 heteroatoms.